The number of ether oxygens (including phenoxy) is 12. The van der Waals surface area contributed by atoms with Gasteiger partial charge < -0.3 is 114 Å². The van der Waals surface area contributed by atoms with Crippen LogP contribution in [-0.2, 0) is 122 Å². The van der Waals surface area contributed by atoms with Crippen LogP contribution in [0.1, 0.15) is 165 Å². The van der Waals surface area contributed by atoms with Gasteiger partial charge in [-0.05, 0) is 171 Å². The zero-order chi connectivity index (χ0) is 84.6. The van der Waals surface area contributed by atoms with Gasteiger partial charge in [-0.2, -0.15) is 0 Å². The molecule has 684 valence electrons. The summed E-state index contributed by atoms with van der Waals surface area (Å²) in [6.07, 6.45) is -3.97. The number of nitrogens with one attached hydrogen (secondary N) is 4. The second-order valence-electron chi connectivity index (χ2n) is 30.1. The van der Waals surface area contributed by atoms with Crippen LogP contribution in [-0.4, -0.2) is 258 Å². The van der Waals surface area contributed by atoms with Crippen molar-refractivity contribution in [3.05, 3.63) is 118 Å². The van der Waals surface area contributed by atoms with Crippen LogP contribution in [0.3, 0.4) is 0 Å². The number of benzene rings is 3. The number of morpholine rings is 4. The molecule has 0 spiro atoms. The minimum Gasteiger partial charge on any atom is -0.466 e. The molecule has 4 fully saturated rings. The molecule has 3 aromatic rings. The van der Waals surface area contributed by atoms with Crippen LogP contribution in [0.15, 0.2) is 66.7 Å². The number of nitrogens with two attached hydrogens (primary N) is 1. The summed E-state index contributed by atoms with van der Waals surface area (Å²) in [6, 6.07) is 20.9. The summed E-state index contributed by atoms with van der Waals surface area (Å²) in [5, 5.41) is 20.6. The van der Waals surface area contributed by atoms with Gasteiger partial charge in [-0.15, -0.1) is 0 Å². The van der Waals surface area contributed by atoms with Crippen molar-refractivity contribution in [2.45, 2.75) is 218 Å². The summed E-state index contributed by atoms with van der Waals surface area (Å²) >= 11 is 23.9. The third-order valence-electron chi connectivity index (χ3n) is 14.3. The Bertz CT molecular complexity index is 3110. The first-order valence-electron chi connectivity index (χ1n) is 37.3. The molecule has 4 saturated heterocycles. The van der Waals surface area contributed by atoms with Gasteiger partial charge in [0.15, 0.2) is 0 Å². The van der Waals surface area contributed by atoms with E-state index in [-0.39, 0.29) is 116 Å². The van der Waals surface area contributed by atoms with Gasteiger partial charge in [0.2, 0.25) is 0 Å². The molecule has 0 bridgehead atoms. The number of esters is 1. The summed E-state index contributed by atoms with van der Waals surface area (Å²) < 4.78 is 61.3. The van der Waals surface area contributed by atoms with Crippen LogP contribution >= 0.6 is 46.4 Å². The molecule has 29 nitrogen and oxygen atoms in total. The summed E-state index contributed by atoms with van der Waals surface area (Å²) in [6.45, 7) is 52.2. The number of aliphatic hydroxyl groups is 1. The molecule has 0 aliphatic carbocycles. The van der Waals surface area contributed by atoms with E-state index in [1.54, 1.807) is 80.2 Å². The average Bonchev–Trinajstić information content (AvgIpc) is 0.884. The predicted octanol–water partition coefficient (Wildman–Crippen LogP) is 15.3. The maximum absolute atomic E-state index is 12.2. The SMILES string of the molecule is C.CC(C)(C)OC(=O)NC[C@H]1CN(C(=O)OCc2ccccc2)CCO1.CC(C)(C)OC(=O)NC[C@H]1CN(Cc2ccc(Cl)c(Cl)c2)CCO1.CC(C)(C)OC(=O)NC[C@H]1CNCCO1.CC(C)(C)OC(=O)OC(=O)OC(C)(C)C.CCN(CC)CC.CCOC(C)=O.CO.NC[C@H]1CN(Cc2ccc(Cl)c(Cl)c2)CCO1.[CH3-].[CH3-].[HH].[HH].[Pd].[Pd]. The van der Waals surface area contributed by atoms with Crippen LogP contribution in [0, 0.1) is 14.9 Å². The van der Waals surface area contributed by atoms with E-state index in [1.807, 2.05) is 102 Å². The maximum Gasteiger partial charge on any atom is 0.519 e. The number of carbonyl (C=O) groups excluding carboxylic acids is 7. The van der Waals surface area contributed by atoms with E-state index in [0.717, 1.165) is 82.8 Å². The molecule has 116 heavy (non-hydrogen) atoms. The number of aliphatic hydroxyl groups excluding tert-OH is 1. The first-order valence-corrected chi connectivity index (χ1v) is 38.8. The Morgan fingerprint density at radius 1 is 0.517 bits per heavy atom. The van der Waals surface area contributed by atoms with E-state index >= 15 is 0 Å². The number of carbonyl (C=O) groups is 7. The van der Waals surface area contributed by atoms with Crippen molar-refractivity contribution in [3.63, 3.8) is 0 Å². The zero-order valence-electron chi connectivity index (χ0n) is 72.1. The molecule has 0 saturated carbocycles. The van der Waals surface area contributed by atoms with E-state index in [1.165, 1.54) is 26.6 Å². The van der Waals surface area contributed by atoms with Crippen molar-refractivity contribution in [3.8, 4) is 0 Å². The molecule has 0 aromatic heterocycles. The van der Waals surface area contributed by atoms with Crippen LogP contribution < -0.4 is 27.0 Å². The standard InChI is InChI=1S/C18H26N2O5.C17H24Cl2N2O3.C12H16Cl2N2O.C10H20N2O3.C10H18O5.C6H15N.C4H8O2.CH4O.CH4.2CH3.2Pd.2H2/c1-18(2,3)25-16(21)19-11-15-12-20(9-10-23-15)17(22)24-13-14-7-5-4-6-8-14;1-17(2,3)24-16(22)20-9-13-11-21(6-7-23-13)10-12-4-5-14(18)15(19)8-12;13-11-2-1-9(5-12(11)14)7-16-3-4-17-10(6-15)8-16;1-10(2,3)15-9(13)12-7-8-6-11-4-5-14-8;1-9(2,3)14-7(11)13-8(12)15-10(4,5)6;1-4-7(5-2)6-3;1-3-6-4(2)5;1-2;;;;;;;/h4-8,15H,9-13H2,1-3H3,(H,19,21);4-5,8,13H,6-7,9-11H2,1-3H3,(H,20,22);1-2,5,10H,3-4,6-8,15H2;8,11H,4-7H2,1-3H3,(H,12,13);1-6H3;4-6H2,1-3H3;3H2,1-2H3;2H,1H3;1H4;2*1H3;;;2*1H/q;;;;;;;;;2*-1;;;;/t15-;13-;10-;8-;;;;;;;;;;;/m0001.........../s1. The van der Waals surface area contributed by atoms with Crippen molar-refractivity contribution >= 4 is 89.1 Å². The van der Waals surface area contributed by atoms with Crippen molar-refractivity contribution in [2.75, 3.05) is 138 Å². The third kappa shape index (κ3) is 65.8. The number of hydrogen-bond acceptors (Lipinski definition) is 25. The molecule has 4 amide bonds. The molecule has 4 heterocycles. The molecule has 0 radical (unpaired) electrons. The van der Waals surface area contributed by atoms with Crippen molar-refractivity contribution in [2.24, 2.45) is 5.73 Å². The van der Waals surface area contributed by atoms with Crippen LogP contribution in [0.25, 0.3) is 0 Å². The molecule has 4 atom stereocenters. The first kappa shape index (κ1) is 122. The fraction of sp³-hybridized carbons (Fsp3) is 0.667. The smallest absolute Gasteiger partial charge is 0.466 e. The van der Waals surface area contributed by atoms with E-state index in [4.69, 9.17) is 105 Å². The Hall–Kier alpha value is -4.97. The van der Waals surface area contributed by atoms with Gasteiger partial charge in [-0.25, -0.2) is 28.8 Å². The molecular formula is C81H145Cl4N9O20Pd2-2. The number of rotatable bonds is 17. The van der Waals surface area contributed by atoms with Gasteiger partial charge in [-0.3, -0.25) is 14.6 Å². The number of amides is 4. The Kier molecular flexibility index (Phi) is 69.1. The van der Waals surface area contributed by atoms with Gasteiger partial charge in [0.05, 0.1) is 84.1 Å². The minimum absolute atomic E-state index is 0. The fourth-order valence-corrected chi connectivity index (χ4v) is 10.1. The fourth-order valence-electron chi connectivity index (χ4n) is 9.49. The quantitative estimate of drug-likeness (QED) is 0.0240. The van der Waals surface area contributed by atoms with Crippen molar-refractivity contribution < 1.29 is 139 Å². The number of alkyl carbamates (subject to hydrolysis) is 3. The second kappa shape index (κ2) is 65.8. The largest absolute Gasteiger partial charge is 0.519 e. The third-order valence-corrected chi connectivity index (χ3v) is 15.8. The molecule has 0 unspecified atom stereocenters. The summed E-state index contributed by atoms with van der Waals surface area (Å²) in [4.78, 5) is 87.3. The van der Waals surface area contributed by atoms with E-state index in [0.29, 0.717) is 79.2 Å². The number of hydrogen-bond donors (Lipinski definition) is 6. The van der Waals surface area contributed by atoms with Gasteiger partial charge in [-0.1, -0.05) is 117 Å². The van der Waals surface area contributed by atoms with Gasteiger partial charge >= 0.3 is 42.7 Å². The first-order chi connectivity index (χ1) is 51.8. The van der Waals surface area contributed by atoms with Gasteiger partial charge in [0, 0.05) is 143 Å². The summed E-state index contributed by atoms with van der Waals surface area (Å²) in [5.74, 6) is -0.211. The monoisotopic (exact) mass is 1920 g/mol. The van der Waals surface area contributed by atoms with E-state index in [2.05, 4.69) is 66.2 Å². The second-order valence-corrected chi connectivity index (χ2v) is 31.7. The van der Waals surface area contributed by atoms with Crippen molar-refractivity contribution in [1.29, 1.82) is 0 Å². The maximum atomic E-state index is 12.2. The van der Waals surface area contributed by atoms with E-state index in [9.17, 15) is 33.6 Å². The molecule has 4 aliphatic rings. The average molecular weight is 1920 g/mol. The number of nitrogens with zero attached hydrogens (tertiary/aromatic N) is 4. The summed E-state index contributed by atoms with van der Waals surface area (Å²) in [7, 11) is 1.00. The van der Waals surface area contributed by atoms with Crippen molar-refractivity contribution in [1.82, 2.24) is 40.9 Å². The van der Waals surface area contributed by atoms with Gasteiger partial charge in [0.25, 0.3) is 0 Å². The Balaban J connectivity index is -0.000000204. The molecule has 35 heteroatoms. The van der Waals surface area contributed by atoms with Crippen LogP contribution in [0.4, 0.5) is 28.8 Å². The predicted molar refractivity (Wildman–Crippen MR) is 457 cm³/mol. The summed E-state index contributed by atoms with van der Waals surface area (Å²) in [5.41, 5.74) is 5.92. The normalized spacial score (nSPS) is 16.4. The van der Waals surface area contributed by atoms with E-state index < -0.39 is 58.6 Å². The zero-order valence-corrected chi connectivity index (χ0v) is 78.3. The molecule has 4 aliphatic heterocycles. The number of halogens is 4. The Morgan fingerprint density at radius 3 is 1.22 bits per heavy atom. The molecule has 3 aromatic carbocycles. The van der Waals surface area contributed by atoms with Crippen LogP contribution in [0.2, 0.25) is 20.1 Å². The molecule has 7 rings (SSSR count). The topological polar surface area (TPSA) is 338 Å². The molecular weight excluding hydrogens is 1770 g/mol. The van der Waals surface area contributed by atoms with Gasteiger partial charge in [0.1, 0.15) is 34.6 Å². The Labute approximate surface area is 744 Å². The van der Waals surface area contributed by atoms with Crippen LogP contribution in [0.5, 0.6) is 0 Å². The molecule has 7 N–H and O–H groups in total. The Morgan fingerprint density at radius 2 is 0.888 bits per heavy atom. The minimum atomic E-state index is -1.06.